The van der Waals surface area contributed by atoms with Crippen molar-refractivity contribution >= 4 is 6.21 Å². The Bertz CT molecular complexity index is 493. The first-order valence-electron chi connectivity index (χ1n) is 6.92. The van der Waals surface area contributed by atoms with E-state index in [0.717, 1.165) is 23.6 Å². The molecule has 2 aliphatic rings. The van der Waals surface area contributed by atoms with Gasteiger partial charge in [-0.15, -0.1) is 0 Å². The first-order chi connectivity index (χ1) is 9.88. The van der Waals surface area contributed by atoms with E-state index < -0.39 is 0 Å². The maximum atomic E-state index is 5.63. The molecule has 0 aliphatic carbocycles. The molecule has 2 atom stereocenters. The maximum absolute atomic E-state index is 5.63. The van der Waals surface area contributed by atoms with Crippen LogP contribution in [0.1, 0.15) is 18.5 Å². The predicted molar refractivity (Wildman–Crippen MR) is 74.9 cm³/mol. The minimum Gasteiger partial charge on any atom is -0.486 e. The SMILES string of the molecule is CCO/N=C/C1CNNC1c1ccc2c(c1)OCCO2. The minimum atomic E-state index is 0.148. The van der Waals surface area contributed by atoms with Gasteiger partial charge >= 0.3 is 0 Å². The summed E-state index contributed by atoms with van der Waals surface area (Å²) in [6.45, 7) is 4.52. The highest BCUT2D eigenvalue weighted by molar-refractivity contribution is 5.63. The second-order valence-corrected chi connectivity index (χ2v) is 4.74. The largest absolute Gasteiger partial charge is 0.486 e. The summed E-state index contributed by atoms with van der Waals surface area (Å²) in [6, 6.07) is 6.19. The number of oxime groups is 1. The van der Waals surface area contributed by atoms with Crippen molar-refractivity contribution in [3.63, 3.8) is 0 Å². The number of nitrogens with zero attached hydrogens (tertiary/aromatic N) is 1. The van der Waals surface area contributed by atoms with Gasteiger partial charge in [0.1, 0.15) is 19.8 Å². The van der Waals surface area contributed by atoms with Crippen LogP contribution in [0.5, 0.6) is 11.5 Å². The Hall–Kier alpha value is -1.79. The molecule has 108 valence electrons. The second kappa shape index (κ2) is 6.11. The average molecular weight is 277 g/mol. The van der Waals surface area contributed by atoms with Crippen LogP contribution in [0, 0.1) is 5.92 Å². The van der Waals surface area contributed by atoms with Crippen molar-refractivity contribution in [3.8, 4) is 11.5 Å². The number of hydrogen-bond acceptors (Lipinski definition) is 6. The van der Waals surface area contributed by atoms with E-state index in [1.54, 1.807) is 0 Å². The lowest BCUT2D eigenvalue weighted by Gasteiger charge is -2.21. The Labute approximate surface area is 118 Å². The van der Waals surface area contributed by atoms with E-state index >= 15 is 0 Å². The van der Waals surface area contributed by atoms with Crippen molar-refractivity contribution in [2.75, 3.05) is 26.4 Å². The normalized spacial score (nSPS) is 25.1. The standard InChI is InChI=1S/C14H19N3O3/c1-2-20-16-9-11-8-15-17-14(11)10-3-4-12-13(7-10)19-6-5-18-12/h3-4,7,9,11,14-15,17H,2,5-6,8H2,1H3/b16-9+. The molecule has 6 heteroatoms. The molecule has 0 bridgehead atoms. The van der Waals surface area contributed by atoms with Gasteiger partial charge in [0.25, 0.3) is 0 Å². The number of ether oxygens (including phenoxy) is 2. The van der Waals surface area contributed by atoms with Crippen LogP contribution in [-0.2, 0) is 4.84 Å². The molecule has 1 aromatic carbocycles. The highest BCUT2D eigenvalue weighted by Gasteiger charge is 2.28. The third-order valence-electron chi connectivity index (χ3n) is 3.40. The van der Waals surface area contributed by atoms with Crippen LogP contribution >= 0.6 is 0 Å². The van der Waals surface area contributed by atoms with E-state index in [4.69, 9.17) is 14.3 Å². The fourth-order valence-corrected chi connectivity index (χ4v) is 2.43. The van der Waals surface area contributed by atoms with Crippen LogP contribution in [0.25, 0.3) is 0 Å². The van der Waals surface area contributed by atoms with Crippen molar-refractivity contribution in [1.29, 1.82) is 0 Å². The predicted octanol–water partition coefficient (Wildman–Crippen LogP) is 1.25. The summed E-state index contributed by atoms with van der Waals surface area (Å²) < 4.78 is 11.2. The molecule has 0 aromatic heterocycles. The van der Waals surface area contributed by atoms with Gasteiger partial charge in [-0.1, -0.05) is 11.2 Å². The highest BCUT2D eigenvalue weighted by Crippen LogP contribution is 2.34. The van der Waals surface area contributed by atoms with Crippen molar-refractivity contribution < 1.29 is 14.3 Å². The fraction of sp³-hybridized carbons (Fsp3) is 0.500. The summed E-state index contributed by atoms with van der Waals surface area (Å²) in [5, 5.41) is 3.97. The number of benzene rings is 1. The first-order valence-corrected chi connectivity index (χ1v) is 6.92. The van der Waals surface area contributed by atoms with Crippen LogP contribution in [-0.4, -0.2) is 32.6 Å². The molecule has 20 heavy (non-hydrogen) atoms. The molecule has 6 nitrogen and oxygen atoms in total. The third-order valence-corrected chi connectivity index (χ3v) is 3.40. The van der Waals surface area contributed by atoms with Gasteiger partial charge < -0.3 is 14.3 Å². The molecule has 2 N–H and O–H groups in total. The van der Waals surface area contributed by atoms with Crippen molar-refractivity contribution in [2.24, 2.45) is 11.1 Å². The van der Waals surface area contributed by atoms with E-state index in [0.29, 0.717) is 19.8 Å². The molecule has 1 fully saturated rings. The number of hydrogen-bond donors (Lipinski definition) is 2. The van der Waals surface area contributed by atoms with E-state index in [-0.39, 0.29) is 12.0 Å². The lowest BCUT2D eigenvalue weighted by Crippen LogP contribution is -2.25. The lowest BCUT2D eigenvalue weighted by molar-refractivity contribution is 0.158. The van der Waals surface area contributed by atoms with E-state index in [9.17, 15) is 0 Å². The van der Waals surface area contributed by atoms with Crippen LogP contribution in [0.2, 0.25) is 0 Å². The Balaban J connectivity index is 1.77. The Kier molecular flexibility index (Phi) is 4.03. The van der Waals surface area contributed by atoms with E-state index in [2.05, 4.69) is 22.1 Å². The number of hydrazine groups is 1. The summed E-state index contributed by atoms with van der Waals surface area (Å²) in [5.74, 6) is 1.86. The van der Waals surface area contributed by atoms with Gasteiger partial charge in [-0.25, -0.2) is 5.43 Å². The molecule has 2 unspecified atom stereocenters. The van der Waals surface area contributed by atoms with Crippen LogP contribution < -0.4 is 20.3 Å². The van der Waals surface area contributed by atoms with E-state index in [1.807, 2.05) is 25.3 Å². The zero-order valence-corrected chi connectivity index (χ0v) is 11.5. The topological polar surface area (TPSA) is 64.1 Å². The number of rotatable bonds is 4. The Morgan fingerprint density at radius 2 is 2.20 bits per heavy atom. The third kappa shape index (κ3) is 2.71. The summed E-state index contributed by atoms with van der Waals surface area (Å²) in [6.07, 6.45) is 1.85. The van der Waals surface area contributed by atoms with Crippen LogP contribution in [0.4, 0.5) is 0 Å². The molecule has 3 rings (SSSR count). The molecule has 0 amide bonds. The molecule has 0 spiro atoms. The van der Waals surface area contributed by atoms with Gasteiger partial charge in [0.2, 0.25) is 0 Å². The first kappa shape index (κ1) is 13.2. The quantitative estimate of drug-likeness (QED) is 0.640. The fourth-order valence-electron chi connectivity index (χ4n) is 2.43. The molecular weight excluding hydrogens is 258 g/mol. The molecule has 1 aromatic rings. The van der Waals surface area contributed by atoms with Gasteiger partial charge in [0.05, 0.1) is 12.3 Å². The smallest absolute Gasteiger partial charge is 0.161 e. The summed E-state index contributed by atoms with van der Waals surface area (Å²) in [4.78, 5) is 5.04. The zero-order valence-electron chi connectivity index (χ0n) is 11.5. The molecular formula is C14H19N3O3. The number of fused-ring (bicyclic) bond motifs is 1. The summed E-state index contributed by atoms with van der Waals surface area (Å²) in [7, 11) is 0. The second-order valence-electron chi connectivity index (χ2n) is 4.74. The Morgan fingerprint density at radius 1 is 1.35 bits per heavy atom. The minimum absolute atomic E-state index is 0.148. The summed E-state index contributed by atoms with van der Waals surface area (Å²) in [5.41, 5.74) is 7.57. The molecule has 0 radical (unpaired) electrons. The van der Waals surface area contributed by atoms with Crippen molar-refractivity contribution in [2.45, 2.75) is 13.0 Å². The van der Waals surface area contributed by atoms with Crippen molar-refractivity contribution in [1.82, 2.24) is 10.9 Å². The molecule has 0 saturated carbocycles. The highest BCUT2D eigenvalue weighted by atomic mass is 16.6. The maximum Gasteiger partial charge on any atom is 0.161 e. The average Bonchev–Trinajstić information content (AvgIpc) is 2.95. The van der Waals surface area contributed by atoms with E-state index in [1.165, 1.54) is 0 Å². The molecule has 2 aliphatic heterocycles. The number of nitrogens with one attached hydrogen (secondary N) is 2. The van der Waals surface area contributed by atoms with Gasteiger partial charge in [-0.2, -0.15) is 0 Å². The van der Waals surface area contributed by atoms with Gasteiger partial charge in [0.15, 0.2) is 11.5 Å². The van der Waals surface area contributed by atoms with Crippen LogP contribution in [0.15, 0.2) is 23.4 Å². The van der Waals surface area contributed by atoms with Gasteiger partial charge in [0, 0.05) is 12.5 Å². The summed E-state index contributed by atoms with van der Waals surface area (Å²) >= 11 is 0. The van der Waals surface area contributed by atoms with Gasteiger partial charge in [-0.3, -0.25) is 5.43 Å². The van der Waals surface area contributed by atoms with Crippen molar-refractivity contribution in [3.05, 3.63) is 23.8 Å². The van der Waals surface area contributed by atoms with Crippen LogP contribution in [0.3, 0.4) is 0 Å². The lowest BCUT2D eigenvalue weighted by atomic mass is 9.95. The molecule has 1 saturated heterocycles. The van der Waals surface area contributed by atoms with Gasteiger partial charge in [-0.05, 0) is 24.6 Å². The Morgan fingerprint density at radius 3 is 3.05 bits per heavy atom. The molecule has 2 heterocycles. The monoisotopic (exact) mass is 277 g/mol. The zero-order chi connectivity index (χ0) is 13.8.